The molecule has 0 aliphatic heterocycles. The Morgan fingerprint density at radius 2 is 2.30 bits per heavy atom. The molecule has 1 aromatic heterocycles. The van der Waals surface area contributed by atoms with Gasteiger partial charge >= 0.3 is 5.69 Å². The molecule has 110 valence electrons. The lowest BCUT2D eigenvalue weighted by Gasteiger charge is -2.22. The van der Waals surface area contributed by atoms with E-state index in [9.17, 15) is 10.1 Å². The number of aromatic nitrogens is 2. The van der Waals surface area contributed by atoms with Crippen LogP contribution in [0.5, 0.6) is 0 Å². The van der Waals surface area contributed by atoms with Gasteiger partial charge in [0.05, 0.1) is 11.5 Å². The summed E-state index contributed by atoms with van der Waals surface area (Å²) in [7, 11) is 0. The molecule has 0 atom stereocenters. The van der Waals surface area contributed by atoms with E-state index in [0.29, 0.717) is 18.9 Å². The van der Waals surface area contributed by atoms with Crippen molar-refractivity contribution in [3.05, 3.63) is 16.4 Å². The molecule has 1 heterocycles. The zero-order valence-corrected chi connectivity index (χ0v) is 11.4. The Labute approximate surface area is 117 Å². The molecule has 1 aliphatic rings. The van der Waals surface area contributed by atoms with Crippen LogP contribution in [-0.2, 0) is 0 Å². The zero-order valence-electron chi connectivity index (χ0n) is 11.4. The van der Waals surface area contributed by atoms with Crippen molar-refractivity contribution in [1.82, 2.24) is 9.97 Å². The molecule has 0 saturated heterocycles. The van der Waals surface area contributed by atoms with Crippen LogP contribution in [0.3, 0.4) is 0 Å². The second-order valence-corrected chi connectivity index (χ2v) is 4.73. The molecular formula is C12H19N5O3. The molecule has 1 aromatic rings. The number of nitrogens with zero attached hydrogens (tertiary/aromatic N) is 4. The summed E-state index contributed by atoms with van der Waals surface area (Å²) in [6.07, 6.45) is 4.12. The maximum atomic E-state index is 11.4. The maximum absolute atomic E-state index is 11.4. The van der Waals surface area contributed by atoms with Gasteiger partial charge in [0.1, 0.15) is 6.33 Å². The summed E-state index contributed by atoms with van der Waals surface area (Å²) < 4.78 is 0. The van der Waals surface area contributed by atoms with Gasteiger partial charge in [0, 0.05) is 19.1 Å². The van der Waals surface area contributed by atoms with E-state index in [-0.39, 0.29) is 24.2 Å². The Balaban J connectivity index is 2.37. The average molecular weight is 281 g/mol. The molecule has 0 unspecified atom stereocenters. The number of hydrogen-bond donors (Lipinski definition) is 2. The fourth-order valence-electron chi connectivity index (χ4n) is 2.08. The van der Waals surface area contributed by atoms with Crippen molar-refractivity contribution in [2.75, 3.05) is 29.9 Å². The third-order valence-corrected chi connectivity index (χ3v) is 3.13. The van der Waals surface area contributed by atoms with E-state index in [2.05, 4.69) is 15.3 Å². The Bertz CT molecular complexity index is 478. The first-order valence-corrected chi connectivity index (χ1v) is 6.79. The molecule has 0 spiro atoms. The molecule has 1 aliphatic carbocycles. The molecule has 20 heavy (non-hydrogen) atoms. The molecule has 0 amide bonds. The highest BCUT2D eigenvalue weighted by Gasteiger charge is 2.35. The van der Waals surface area contributed by atoms with Crippen LogP contribution >= 0.6 is 0 Å². The molecule has 2 rings (SSSR count). The van der Waals surface area contributed by atoms with Gasteiger partial charge in [-0.25, -0.2) is 9.97 Å². The second-order valence-electron chi connectivity index (χ2n) is 4.73. The van der Waals surface area contributed by atoms with Crippen LogP contribution in [-0.4, -0.2) is 45.7 Å². The zero-order chi connectivity index (χ0) is 14.5. The van der Waals surface area contributed by atoms with Crippen LogP contribution in [0.1, 0.15) is 26.2 Å². The van der Waals surface area contributed by atoms with Gasteiger partial charge in [-0.3, -0.25) is 10.1 Å². The Morgan fingerprint density at radius 3 is 2.85 bits per heavy atom. The predicted molar refractivity (Wildman–Crippen MR) is 74.9 cm³/mol. The first-order chi connectivity index (χ1) is 9.69. The van der Waals surface area contributed by atoms with E-state index in [0.717, 1.165) is 19.3 Å². The molecular weight excluding hydrogens is 262 g/mol. The first-order valence-electron chi connectivity index (χ1n) is 6.79. The molecule has 1 fully saturated rings. The number of nitrogens with one attached hydrogen (secondary N) is 1. The van der Waals surface area contributed by atoms with Crippen LogP contribution in [0, 0.1) is 10.1 Å². The molecule has 1 saturated carbocycles. The van der Waals surface area contributed by atoms with Gasteiger partial charge in [-0.05, 0) is 19.3 Å². The van der Waals surface area contributed by atoms with Gasteiger partial charge in [0.2, 0.25) is 11.6 Å². The van der Waals surface area contributed by atoms with Crippen molar-refractivity contribution in [3.8, 4) is 0 Å². The number of aliphatic hydroxyl groups is 1. The van der Waals surface area contributed by atoms with Crippen molar-refractivity contribution in [1.29, 1.82) is 0 Å². The summed E-state index contributed by atoms with van der Waals surface area (Å²) in [6.45, 7) is 2.87. The van der Waals surface area contributed by atoms with Crippen molar-refractivity contribution >= 4 is 17.3 Å². The number of anilines is 2. The van der Waals surface area contributed by atoms with Gasteiger partial charge < -0.3 is 15.3 Å². The third kappa shape index (κ3) is 3.13. The van der Waals surface area contributed by atoms with Crippen LogP contribution < -0.4 is 10.2 Å². The van der Waals surface area contributed by atoms with E-state index < -0.39 is 4.92 Å². The first kappa shape index (κ1) is 14.4. The highest BCUT2D eigenvalue weighted by molar-refractivity contribution is 5.70. The lowest BCUT2D eigenvalue weighted by atomic mass is 10.3. The Kier molecular flexibility index (Phi) is 4.67. The topological polar surface area (TPSA) is 104 Å². The quantitative estimate of drug-likeness (QED) is 0.544. The third-order valence-electron chi connectivity index (χ3n) is 3.13. The maximum Gasteiger partial charge on any atom is 0.353 e. The minimum absolute atomic E-state index is 0.0601. The standard InChI is InChI=1S/C12H19N5O3/c1-2-5-13-11-10(17(19)20)12(15-8-14-11)16(6-7-18)9-3-4-9/h8-9,18H,2-7H2,1H3,(H,13,14,15). The van der Waals surface area contributed by atoms with Crippen LogP contribution in [0.15, 0.2) is 6.33 Å². The van der Waals surface area contributed by atoms with Crippen LogP contribution in [0.2, 0.25) is 0 Å². The second kappa shape index (κ2) is 6.47. The summed E-state index contributed by atoms with van der Waals surface area (Å²) in [5, 5.41) is 23.5. The Morgan fingerprint density at radius 1 is 1.55 bits per heavy atom. The molecule has 0 bridgehead atoms. The van der Waals surface area contributed by atoms with Crippen LogP contribution in [0.4, 0.5) is 17.3 Å². The molecule has 2 N–H and O–H groups in total. The molecule has 8 heteroatoms. The minimum Gasteiger partial charge on any atom is -0.395 e. The molecule has 0 aromatic carbocycles. The van der Waals surface area contributed by atoms with Crippen molar-refractivity contribution < 1.29 is 10.0 Å². The number of rotatable bonds is 8. The highest BCUT2D eigenvalue weighted by Crippen LogP contribution is 2.37. The summed E-state index contributed by atoms with van der Waals surface area (Å²) in [5.74, 6) is 0.533. The van der Waals surface area contributed by atoms with Crippen molar-refractivity contribution in [2.45, 2.75) is 32.2 Å². The summed E-state index contributed by atoms with van der Waals surface area (Å²) >= 11 is 0. The summed E-state index contributed by atoms with van der Waals surface area (Å²) in [6, 6.07) is 0.231. The summed E-state index contributed by atoms with van der Waals surface area (Å²) in [5.41, 5.74) is -0.110. The van der Waals surface area contributed by atoms with E-state index in [1.165, 1.54) is 6.33 Å². The Hall–Kier alpha value is -1.96. The van der Waals surface area contributed by atoms with Gasteiger partial charge in [0.15, 0.2) is 0 Å². The number of hydrogen-bond acceptors (Lipinski definition) is 7. The SMILES string of the molecule is CCCNc1ncnc(N(CCO)C2CC2)c1[N+](=O)[O-]. The number of nitro groups is 1. The van der Waals surface area contributed by atoms with Gasteiger partial charge in [-0.15, -0.1) is 0 Å². The highest BCUT2D eigenvalue weighted by atomic mass is 16.6. The van der Waals surface area contributed by atoms with E-state index in [1.54, 1.807) is 4.90 Å². The monoisotopic (exact) mass is 281 g/mol. The van der Waals surface area contributed by atoms with Crippen molar-refractivity contribution in [3.63, 3.8) is 0 Å². The summed E-state index contributed by atoms with van der Waals surface area (Å²) in [4.78, 5) is 20.7. The molecule has 0 radical (unpaired) electrons. The van der Waals surface area contributed by atoms with Crippen molar-refractivity contribution in [2.24, 2.45) is 0 Å². The van der Waals surface area contributed by atoms with E-state index in [1.807, 2.05) is 6.92 Å². The molecule has 8 nitrogen and oxygen atoms in total. The lowest BCUT2D eigenvalue weighted by molar-refractivity contribution is -0.383. The van der Waals surface area contributed by atoms with Gasteiger partial charge in [0.25, 0.3) is 0 Å². The van der Waals surface area contributed by atoms with Gasteiger partial charge in [-0.2, -0.15) is 0 Å². The van der Waals surface area contributed by atoms with Gasteiger partial charge in [-0.1, -0.05) is 6.92 Å². The average Bonchev–Trinajstić information content (AvgIpc) is 3.26. The fourth-order valence-corrected chi connectivity index (χ4v) is 2.08. The lowest BCUT2D eigenvalue weighted by Crippen LogP contribution is -2.30. The van der Waals surface area contributed by atoms with E-state index in [4.69, 9.17) is 5.11 Å². The predicted octanol–water partition coefficient (Wildman–Crippen LogP) is 1.17. The minimum atomic E-state index is -0.458. The smallest absolute Gasteiger partial charge is 0.353 e. The normalized spacial score (nSPS) is 14.1. The largest absolute Gasteiger partial charge is 0.395 e. The van der Waals surface area contributed by atoms with E-state index >= 15 is 0 Å². The number of aliphatic hydroxyl groups excluding tert-OH is 1. The fraction of sp³-hybridized carbons (Fsp3) is 0.667. The van der Waals surface area contributed by atoms with Crippen LogP contribution in [0.25, 0.3) is 0 Å².